The van der Waals surface area contributed by atoms with Crippen LogP contribution >= 0.6 is 35.0 Å². The summed E-state index contributed by atoms with van der Waals surface area (Å²) in [5.74, 6) is -0.925. The Hall–Kier alpha value is -2.03. The summed E-state index contributed by atoms with van der Waals surface area (Å²) in [6, 6.07) is 5.03. The molecule has 2 fully saturated rings. The van der Waals surface area contributed by atoms with Crippen molar-refractivity contribution in [3.8, 4) is 0 Å². The van der Waals surface area contributed by atoms with E-state index in [1.165, 1.54) is 6.08 Å². The zero-order valence-corrected chi connectivity index (χ0v) is 19.1. The number of nitrogens with zero attached hydrogens (tertiary/aromatic N) is 1. The van der Waals surface area contributed by atoms with Crippen LogP contribution in [0.4, 0.5) is 4.79 Å². The molecule has 166 valence electrons. The van der Waals surface area contributed by atoms with Crippen molar-refractivity contribution >= 4 is 64.0 Å². The highest BCUT2D eigenvalue weighted by atomic mass is 35.5. The first kappa shape index (κ1) is 23.6. The standard InChI is InChI=1S/C21H23Cl2N3O4S/c22-15-8-4-7-14(18(15)23)11-16-20(29)26(21(30)31-16)10-9-24-17(27)12-25-19(28)13-5-2-1-3-6-13/h4,7-8,11,13H,1-3,5-6,9-10,12H2,(H,24,27)(H,25,28)/b16-11-. The molecule has 7 nitrogen and oxygen atoms in total. The van der Waals surface area contributed by atoms with Gasteiger partial charge < -0.3 is 10.6 Å². The molecular weight excluding hydrogens is 461 g/mol. The summed E-state index contributed by atoms with van der Waals surface area (Å²) in [6.07, 6.45) is 6.49. The quantitative estimate of drug-likeness (QED) is 0.574. The van der Waals surface area contributed by atoms with Crippen LogP contribution in [0.15, 0.2) is 23.1 Å². The smallest absolute Gasteiger partial charge is 0.293 e. The van der Waals surface area contributed by atoms with Gasteiger partial charge in [0.05, 0.1) is 21.5 Å². The van der Waals surface area contributed by atoms with Crippen LogP contribution < -0.4 is 10.6 Å². The molecule has 1 saturated heterocycles. The second-order valence-corrected chi connectivity index (χ2v) is 9.16. The molecular formula is C21H23Cl2N3O4S. The van der Waals surface area contributed by atoms with E-state index in [2.05, 4.69) is 10.6 Å². The first-order valence-electron chi connectivity index (χ1n) is 10.1. The van der Waals surface area contributed by atoms with Crippen LogP contribution in [-0.2, 0) is 14.4 Å². The van der Waals surface area contributed by atoms with Gasteiger partial charge in [0.25, 0.3) is 11.1 Å². The predicted molar refractivity (Wildman–Crippen MR) is 122 cm³/mol. The molecule has 0 spiro atoms. The Balaban J connectivity index is 1.46. The van der Waals surface area contributed by atoms with Gasteiger partial charge in [-0.05, 0) is 42.3 Å². The number of imide groups is 1. The molecule has 31 heavy (non-hydrogen) atoms. The lowest BCUT2D eigenvalue weighted by Crippen LogP contribution is -2.43. The second kappa shape index (κ2) is 11.0. The maximum Gasteiger partial charge on any atom is 0.293 e. The predicted octanol–water partition coefficient (Wildman–Crippen LogP) is 3.84. The van der Waals surface area contributed by atoms with Gasteiger partial charge in [0.15, 0.2) is 0 Å². The van der Waals surface area contributed by atoms with E-state index in [1.54, 1.807) is 18.2 Å². The normalized spacial score (nSPS) is 18.5. The summed E-state index contributed by atoms with van der Waals surface area (Å²) < 4.78 is 0. The Bertz CT molecular complexity index is 916. The lowest BCUT2D eigenvalue weighted by molar-refractivity contribution is -0.129. The molecule has 4 amide bonds. The maximum atomic E-state index is 12.6. The first-order valence-corrected chi connectivity index (χ1v) is 11.7. The minimum Gasteiger partial charge on any atom is -0.353 e. The van der Waals surface area contributed by atoms with Gasteiger partial charge in [-0.2, -0.15) is 0 Å². The largest absolute Gasteiger partial charge is 0.353 e. The van der Waals surface area contributed by atoms with Gasteiger partial charge in [-0.1, -0.05) is 54.6 Å². The third-order valence-corrected chi connectivity index (χ3v) is 6.94. The van der Waals surface area contributed by atoms with Gasteiger partial charge in [-0.15, -0.1) is 0 Å². The molecule has 0 radical (unpaired) electrons. The van der Waals surface area contributed by atoms with Crippen molar-refractivity contribution in [1.29, 1.82) is 0 Å². The number of halogens is 2. The SMILES string of the molecule is O=C(CNC(=O)C1CCCCC1)NCCN1C(=O)S/C(=C\c2cccc(Cl)c2Cl)C1=O. The topological polar surface area (TPSA) is 95.6 Å². The highest BCUT2D eigenvalue weighted by Crippen LogP contribution is 2.34. The molecule has 1 aliphatic carbocycles. The van der Waals surface area contributed by atoms with Crippen LogP contribution in [0, 0.1) is 5.92 Å². The van der Waals surface area contributed by atoms with Crippen LogP contribution in [-0.4, -0.2) is 47.5 Å². The monoisotopic (exact) mass is 483 g/mol. The number of thioether (sulfide) groups is 1. The Kier molecular flexibility index (Phi) is 8.40. The first-order chi connectivity index (χ1) is 14.9. The fraction of sp³-hybridized carbons (Fsp3) is 0.429. The van der Waals surface area contributed by atoms with Crippen molar-refractivity contribution in [1.82, 2.24) is 15.5 Å². The second-order valence-electron chi connectivity index (χ2n) is 7.38. The third kappa shape index (κ3) is 6.24. The molecule has 3 rings (SSSR count). The number of rotatable bonds is 7. The molecule has 2 N–H and O–H groups in total. The van der Waals surface area contributed by atoms with Crippen molar-refractivity contribution in [2.45, 2.75) is 32.1 Å². The molecule has 0 atom stereocenters. The molecule has 2 aliphatic rings. The molecule has 1 aliphatic heterocycles. The summed E-state index contributed by atoms with van der Waals surface area (Å²) in [7, 11) is 0. The lowest BCUT2D eigenvalue weighted by atomic mass is 9.89. The van der Waals surface area contributed by atoms with Crippen molar-refractivity contribution in [3.05, 3.63) is 38.7 Å². The number of benzene rings is 1. The van der Waals surface area contributed by atoms with Crippen LogP contribution in [0.3, 0.4) is 0 Å². The number of carbonyl (C=O) groups is 4. The Morgan fingerprint density at radius 2 is 1.87 bits per heavy atom. The molecule has 1 heterocycles. The van der Waals surface area contributed by atoms with E-state index < -0.39 is 11.1 Å². The Labute approximate surface area is 194 Å². The van der Waals surface area contributed by atoms with E-state index in [0.717, 1.165) is 48.8 Å². The summed E-state index contributed by atoms with van der Waals surface area (Å²) in [4.78, 5) is 50.1. The average Bonchev–Trinajstić information content (AvgIpc) is 3.03. The fourth-order valence-electron chi connectivity index (χ4n) is 3.51. The number of hydrogen-bond acceptors (Lipinski definition) is 5. The molecule has 0 aromatic heterocycles. The average molecular weight is 484 g/mol. The van der Waals surface area contributed by atoms with Crippen LogP contribution in [0.1, 0.15) is 37.7 Å². The molecule has 0 bridgehead atoms. The molecule has 1 aromatic carbocycles. The van der Waals surface area contributed by atoms with Crippen molar-refractivity contribution in [3.63, 3.8) is 0 Å². The van der Waals surface area contributed by atoms with E-state index in [1.807, 2.05) is 0 Å². The molecule has 1 saturated carbocycles. The van der Waals surface area contributed by atoms with Crippen LogP contribution in [0.5, 0.6) is 0 Å². The zero-order chi connectivity index (χ0) is 22.4. The van der Waals surface area contributed by atoms with Gasteiger partial charge in [-0.3, -0.25) is 24.1 Å². The van der Waals surface area contributed by atoms with E-state index >= 15 is 0 Å². The van der Waals surface area contributed by atoms with Gasteiger partial charge in [0.2, 0.25) is 11.8 Å². The minimum atomic E-state index is -0.453. The molecule has 0 unspecified atom stereocenters. The highest BCUT2D eigenvalue weighted by molar-refractivity contribution is 8.18. The maximum absolute atomic E-state index is 12.6. The van der Waals surface area contributed by atoms with Crippen molar-refractivity contribution in [2.24, 2.45) is 5.92 Å². The Morgan fingerprint density at radius 1 is 1.13 bits per heavy atom. The van der Waals surface area contributed by atoms with E-state index in [4.69, 9.17) is 23.2 Å². The number of nitrogens with one attached hydrogen (secondary N) is 2. The van der Waals surface area contributed by atoms with Gasteiger partial charge in [-0.25, -0.2) is 0 Å². The van der Waals surface area contributed by atoms with E-state index in [-0.39, 0.29) is 42.3 Å². The molecule has 1 aromatic rings. The van der Waals surface area contributed by atoms with Crippen molar-refractivity contribution in [2.75, 3.05) is 19.6 Å². The number of hydrogen-bond donors (Lipinski definition) is 2. The van der Waals surface area contributed by atoms with Crippen LogP contribution in [0.2, 0.25) is 10.0 Å². The third-order valence-electron chi connectivity index (χ3n) is 5.20. The summed E-state index contributed by atoms with van der Waals surface area (Å²) in [5.41, 5.74) is 0.543. The van der Waals surface area contributed by atoms with E-state index in [0.29, 0.717) is 15.6 Å². The van der Waals surface area contributed by atoms with Gasteiger partial charge in [0, 0.05) is 19.0 Å². The fourth-order valence-corrected chi connectivity index (χ4v) is 4.73. The molecule has 10 heteroatoms. The summed E-state index contributed by atoms with van der Waals surface area (Å²) >= 11 is 12.9. The van der Waals surface area contributed by atoms with Crippen molar-refractivity contribution < 1.29 is 19.2 Å². The van der Waals surface area contributed by atoms with Gasteiger partial charge in [0.1, 0.15) is 0 Å². The highest BCUT2D eigenvalue weighted by Gasteiger charge is 2.34. The lowest BCUT2D eigenvalue weighted by Gasteiger charge is -2.20. The summed E-state index contributed by atoms with van der Waals surface area (Å²) in [5, 5.41) is 5.52. The number of carbonyl (C=O) groups excluding carboxylic acids is 4. The minimum absolute atomic E-state index is 0.0170. The Morgan fingerprint density at radius 3 is 2.61 bits per heavy atom. The summed E-state index contributed by atoms with van der Waals surface area (Å²) in [6.45, 7) is 0.0133. The zero-order valence-electron chi connectivity index (χ0n) is 16.8. The van der Waals surface area contributed by atoms with E-state index in [9.17, 15) is 19.2 Å². The number of amides is 4. The van der Waals surface area contributed by atoms with Crippen LogP contribution in [0.25, 0.3) is 6.08 Å². The van der Waals surface area contributed by atoms with Gasteiger partial charge >= 0.3 is 0 Å².